The molecular formula is C18H15Cl3N4. The molecule has 0 saturated carbocycles. The molecule has 0 aliphatic carbocycles. The fraction of sp³-hybridized carbons (Fsp3) is 0.167. The van der Waals surface area contributed by atoms with Gasteiger partial charge in [0.25, 0.3) is 0 Å². The van der Waals surface area contributed by atoms with Gasteiger partial charge in [0.15, 0.2) is 0 Å². The molecule has 0 fully saturated rings. The van der Waals surface area contributed by atoms with Crippen molar-refractivity contribution >= 4 is 34.8 Å². The monoisotopic (exact) mass is 392 g/mol. The summed E-state index contributed by atoms with van der Waals surface area (Å²) >= 11 is 18.2. The van der Waals surface area contributed by atoms with Crippen LogP contribution in [0.2, 0.25) is 15.1 Å². The zero-order valence-electron chi connectivity index (χ0n) is 13.2. The number of rotatable bonds is 6. The summed E-state index contributed by atoms with van der Waals surface area (Å²) in [4.78, 5) is 15.3. The van der Waals surface area contributed by atoms with E-state index >= 15 is 0 Å². The normalized spacial score (nSPS) is 11.0. The first-order valence-electron chi connectivity index (χ1n) is 7.62. The van der Waals surface area contributed by atoms with Crippen LogP contribution < -0.4 is 0 Å². The van der Waals surface area contributed by atoms with Crippen molar-refractivity contribution in [3.8, 4) is 0 Å². The Morgan fingerprint density at radius 1 is 0.600 bits per heavy atom. The van der Waals surface area contributed by atoms with Crippen molar-refractivity contribution in [2.75, 3.05) is 0 Å². The summed E-state index contributed by atoms with van der Waals surface area (Å²) in [6.45, 7) is 1.80. The SMILES string of the molecule is Clc1ccnc(CN(Cc2cc(Cl)ccn2)Cc2cc(Cl)ccn2)c1. The smallest absolute Gasteiger partial charge is 0.0559 e. The first kappa shape index (κ1) is 18.1. The molecule has 0 atom stereocenters. The highest BCUT2D eigenvalue weighted by atomic mass is 35.5. The highest BCUT2D eigenvalue weighted by Crippen LogP contribution is 2.17. The van der Waals surface area contributed by atoms with Crippen molar-refractivity contribution in [1.29, 1.82) is 0 Å². The molecule has 0 bridgehead atoms. The quantitative estimate of drug-likeness (QED) is 0.589. The summed E-state index contributed by atoms with van der Waals surface area (Å²) in [5.74, 6) is 0. The third kappa shape index (κ3) is 5.65. The fourth-order valence-corrected chi connectivity index (χ4v) is 3.01. The molecule has 3 rings (SSSR count). The van der Waals surface area contributed by atoms with Crippen molar-refractivity contribution in [3.63, 3.8) is 0 Å². The topological polar surface area (TPSA) is 41.9 Å². The van der Waals surface area contributed by atoms with E-state index in [2.05, 4.69) is 19.9 Å². The predicted octanol–water partition coefficient (Wildman–Crippen LogP) is 5.03. The second-order valence-electron chi connectivity index (χ2n) is 5.54. The van der Waals surface area contributed by atoms with E-state index in [1.165, 1.54) is 0 Å². The van der Waals surface area contributed by atoms with Gasteiger partial charge in [-0.05, 0) is 36.4 Å². The molecule has 4 nitrogen and oxygen atoms in total. The molecule has 0 spiro atoms. The molecule has 0 unspecified atom stereocenters. The Kier molecular flexibility index (Phi) is 6.21. The second-order valence-corrected chi connectivity index (χ2v) is 6.85. The van der Waals surface area contributed by atoms with Crippen molar-refractivity contribution in [2.45, 2.75) is 19.6 Å². The summed E-state index contributed by atoms with van der Waals surface area (Å²) in [7, 11) is 0. The molecule has 0 radical (unpaired) electrons. The average molecular weight is 394 g/mol. The third-order valence-electron chi connectivity index (χ3n) is 3.49. The van der Waals surface area contributed by atoms with Crippen molar-refractivity contribution in [3.05, 3.63) is 87.1 Å². The predicted molar refractivity (Wildman–Crippen MR) is 101 cm³/mol. The maximum atomic E-state index is 6.07. The molecule has 0 N–H and O–H groups in total. The van der Waals surface area contributed by atoms with Gasteiger partial charge in [-0.25, -0.2) is 0 Å². The maximum absolute atomic E-state index is 6.07. The minimum Gasteiger partial charge on any atom is -0.286 e. The molecular weight excluding hydrogens is 379 g/mol. The number of aromatic nitrogens is 3. The Bertz CT molecular complexity index is 744. The molecule has 0 aliphatic heterocycles. The summed E-state index contributed by atoms with van der Waals surface area (Å²) in [5, 5.41) is 1.98. The number of pyridine rings is 3. The average Bonchev–Trinajstić information content (AvgIpc) is 2.55. The lowest BCUT2D eigenvalue weighted by atomic mass is 10.2. The second kappa shape index (κ2) is 8.59. The van der Waals surface area contributed by atoms with E-state index < -0.39 is 0 Å². The van der Waals surface area contributed by atoms with Crippen LogP contribution in [-0.4, -0.2) is 19.9 Å². The van der Waals surface area contributed by atoms with Crippen LogP contribution in [0.15, 0.2) is 55.0 Å². The zero-order valence-corrected chi connectivity index (χ0v) is 15.5. The Balaban J connectivity index is 1.82. The van der Waals surface area contributed by atoms with Crippen molar-refractivity contribution in [2.24, 2.45) is 0 Å². The number of hydrogen-bond donors (Lipinski definition) is 0. The Hall–Kier alpha value is -1.72. The van der Waals surface area contributed by atoms with E-state index in [4.69, 9.17) is 34.8 Å². The van der Waals surface area contributed by atoms with Crippen LogP contribution >= 0.6 is 34.8 Å². The van der Waals surface area contributed by atoms with Gasteiger partial charge in [0, 0.05) is 53.3 Å². The maximum Gasteiger partial charge on any atom is 0.0559 e. The summed E-state index contributed by atoms with van der Waals surface area (Å²) in [6, 6.07) is 10.8. The Morgan fingerprint density at radius 3 is 1.20 bits per heavy atom. The van der Waals surface area contributed by atoms with Crippen LogP contribution in [0, 0.1) is 0 Å². The molecule has 3 aromatic heterocycles. The van der Waals surface area contributed by atoms with E-state index in [1.807, 2.05) is 18.2 Å². The van der Waals surface area contributed by atoms with E-state index in [0.717, 1.165) is 17.1 Å². The lowest BCUT2D eigenvalue weighted by molar-refractivity contribution is 0.239. The minimum atomic E-state index is 0.600. The van der Waals surface area contributed by atoms with Gasteiger partial charge < -0.3 is 0 Å². The molecule has 0 aliphatic rings. The van der Waals surface area contributed by atoms with E-state index in [-0.39, 0.29) is 0 Å². The van der Waals surface area contributed by atoms with Gasteiger partial charge in [-0.3, -0.25) is 19.9 Å². The van der Waals surface area contributed by atoms with Gasteiger partial charge in [0.1, 0.15) is 0 Å². The van der Waals surface area contributed by atoms with Crippen LogP contribution in [0.25, 0.3) is 0 Å². The Morgan fingerprint density at radius 2 is 0.920 bits per heavy atom. The van der Waals surface area contributed by atoms with Gasteiger partial charge in [-0.2, -0.15) is 0 Å². The molecule has 3 aromatic rings. The minimum absolute atomic E-state index is 0.600. The molecule has 0 amide bonds. The summed E-state index contributed by atoms with van der Waals surface area (Å²) < 4.78 is 0. The number of nitrogens with zero attached hydrogens (tertiary/aromatic N) is 4. The highest BCUT2D eigenvalue weighted by Gasteiger charge is 2.12. The van der Waals surface area contributed by atoms with Crippen LogP contribution in [0.1, 0.15) is 17.1 Å². The number of halogens is 3. The lowest BCUT2D eigenvalue weighted by Gasteiger charge is -2.21. The first-order chi connectivity index (χ1) is 12.1. The van der Waals surface area contributed by atoms with Crippen LogP contribution in [0.4, 0.5) is 0 Å². The van der Waals surface area contributed by atoms with Crippen LogP contribution in [-0.2, 0) is 19.6 Å². The standard InChI is InChI=1S/C18H15Cl3N4/c19-13-1-4-22-16(7-13)10-25(11-17-8-14(20)2-5-23-17)12-18-9-15(21)3-6-24-18/h1-9H,10-12H2. The lowest BCUT2D eigenvalue weighted by Crippen LogP contribution is -2.24. The van der Waals surface area contributed by atoms with Crippen molar-refractivity contribution < 1.29 is 0 Å². The van der Waals surface area contributed by atoms with Gasteiger partial charge in [-0.1, -0.05) is 34.8 Å². The molecule has 0 aromatic carbocycles. The van der Waals surface area contributed by atoms with Gasteiger partial charge in [-0.15, -0.1) is 0 Å². The zero-order chi connectivity index (χ0) is 17.6. The van der Waals surface area contributed by atoms with E-state index in [1.54, 1.807) is 36.8 Å². The van der Waals surface area contributed by atoms with E-state index in [9.17, 15) is 0 Å². The molecule has 7 heteroatoms. The Labute approximate surface area is 161 Å². The third-order valence-corrected chi connectivity index (χ3v) is 4.20. The molecule has 25 heavy (non-hydrogen) atoms. The summed E-state index contributed by atoms with van der Waals surface area (Å²) in [6.07, 6.45) is 5.10. The molecule has 0 saturated heterocycles. The molecule has 3 heterocycles. The largest absolute Gasteiger partial charge is 0.286 e. The van der Waals surface area contributed by atoms with Crippen molar-refractivity contribution in [1.82, 2.24) is 19.9 Å². The highest BCUT2D eigenvalue weighted by molar-refractivity contribution is 6.31. The summed E-state index contributed by atoms with van der Waals surface area (Å²) in [5.41, 5.74) is 2.62. The van der Waals surface area contributed by atoms with E-state index in [0.29, 0.717) is 34.7 Å². The van der Waals surface area contributed by atoms with Crippen LogP contribution in [0.3, 0.4) is 0 Å². The van der Waals surface area contributed by atoms with Gasteiger partial charge >= 0.3 is 0 Å². The fourth-order valence-electron chi connectivity index (χ4n) is 2.46. The van der Waals surface area contributed by atoms with Gasteiger partial charge in [0.2, 0.25) is 0 Å². The first-order valence-corrected chi connectivity index (χ1v) is 8.75. The van der Waals surface area contributed by atoms with Crippen LogP contribution in [0.5, 0.6) is 0 Å². The molecule has 128 valence electrons. The van der Waals surface area contributed by atoms with Gasteiger partial charge in [0.05, 0.1) is 17.1 Å². The number of hydrogen-bond acceptors (Lipinski definition) is 4.